The van der Waals surface area contributed by atoms with Gasteiger partial charge in [-0.05, 0) is 12.1 Å². The molecule has 0 aromatic heterocycles. The second-order valence-corrected chi connectivity index (χ2v) is 1.81. The molecule has 0 fully saturated rings. The smallest absolute Gasteiger partial charge is 0.0813 e. The molecule has 0 saturated carbocycles. The van der Waals surface area contributed by atoms with Gasteiger partial charge in [0.2, 0.25) is 0 Å². The summed E-state index contributed by atoms with van der Waals surface area (Å²) in [6, 6.07) is 6.99. The largest absolute Gasteiger partial charge is 0.151 e. The quantitative estimate of drug-likeness (QED) is 0.486. The Morgan fingerprint density at radius 1 is 0.909 bits per heavy atom. The average Bonchev–Trinajstić information content (AvgIpc) is 2.05. The summed E-state index contributed by atoms with van der Waals surface area (Å²) < 4.78 is 35.3. The fraction of sp³-hybridized carbons (Fsp3) is 0. The third-order valence-electron chi connectivity index (χ3n) is 1.10. The molecular formula is C6H5F3N2. The Labute approximate surface area is 61.2 Å². The van der Waals surface area contributed by atoms with Crippen LogP contribution in [0.4, 0.5) is 19.1 Å². The van der Waals surface area contributed by atoms with E-state index in [-0.39, 0.29) is 5.69 Å². The zero-order valence-electron chi connectivity index (χ0n) is 5.42. The second kappa shape index (κ2) is 3.25. The van der Waals surface area contributed by atoms with E-state index < -0.39 is 10.7 Å². The number of halogens is 3. The fourth-order valence-corrected chi connectivity index (χ4v) is 0.638. The molecule has 1 aromatic carbocycles. The van der Waals surface area contributed by atoms with Gasteiger partial charge in [-0.2, -0.15) is 0 Å². The zero-order chi connectivity index (χ0) is 8.27. The van der Waals surface area contributed by atoms with E-state index >= 15 is 0 Å². The highest BCUT2D eigenvalue weighted by Gasteiger charge is 2.12. The van der Waals surface area contributed by atoms with Gasteiger partial charge < -0.3 is 0 Å². The SMILES string of the molecule is FN(F)N(F)c1ccccc1. The van der Waals surface area contributed by atoms with E-state index in [1.54, 1.807) is 6.07 Å². The number of hydrogen-bond acceptors (Lipinski definition) is 2. The summed E-state index contributed by atoms with van der Waals surface area (Å²) >= 11 is 0. The molecule has 0 unspecified atom stereocenters. The van der Waals surface area contributed by atoms with Crippen molar-refractivity contribution in [1.82, 2.24) is 5.45 Å². The molecule has 11 heavy (non-hydrogen) atoms. The summed E-state index contributed by atoms with van der Waals surface area (Å²) in [6.07, 6.45) is 0. The maximum Gasteiger partial charge on any atom is 0.151 e. The van der Waals surface area contributed by atoms with E-state index in [4.69, 9.17) is 0 Å². The normalized spacial score (nSPS) is 10.2. The molecular weight excluding hydrogens is 157 g/mol. The minimum atomic E-state index is -1.63. The van der Waals surface area contributed by atoms with E-state index in [1.807, 2.05) is 0 Å². The molecule has 0 aliphatic rings. The number of hydrazine groups is 1. The predicted molar refractivity (Wildman–Crippen MR) is 34.1 cm³/mol. The van der Waals surface area contributed by atoms with Crippen LogP contribution in [-0.2, 0) is 0 Å². The van der Waals surface area contributed by atoms with Gasteiger partial charge in [0.1, 0.15) is 0 Å². The lowest BCUT2D eigenvalue weighted by Crippen LogP contribution is -2.21. The van der Waals surface area contributed by atoms with Crippen molar-refractivity contribution >= 4 is 5.69 Å². The molecule has 60 valence electrons. The Morgan fingerprint density at radius 2 is 1.45 bits per heavy atom. The molecule has 0 N–H and O–H groups in total. The van der Waals surface area contributed by atoms with Crippen molar-refractivity contribution in [2.45, 2.75) is 0 Å². The highest BCUT2D eigenvalue weighted by molar-refractivity contribution is 5.41. The Hall–Kier alpha value is -1.23. The molecule has 5 heteroatoms. The van der Waals surface area contributed by atoms with Crippen molar-refractivity contribution in [2.24, 2.45) is 0 Å². The van der Waals surface area contributed by atoms with Gasteiger partial charge in [-0.1, -0.05) is 36.9 Å². The van der Waals surface area contributed by atoms with Gasteiger partial charge in [0, 0.05) is 0 Å². The Bertz CT molecular complexity index is 214. The second-order valence-electron chi connectivity index (χ2n) is 1.81. The summed E-state index contributed by atoms with van der Waals surface area (Å²) in [4.78, 5) is 0. The van der Waals surface area contributed by atoms with Gasteiger partial charge in [-0.3, -0.25) is 0 Å². The standard InChI is InChI=1S/C6H5F3N2/c7-10(11(8)9)6-4-2-1-3-5-6/h1-5H. The summed E-state index contributed by atoms with van der Waals surface area (Å²) in [5.74, 6) is 0. The van der Waals surface area contributed by atoms with Crippen LogP contribution in [0.2, 0.25) is 0 Å². The summed E-state index contributed by atoms with van der Waals surface area (Å²) in [5, 5.41) is -0.750. The lowest BCUT2D eigenvalue weighted by Gasteiger charge is -2.10. The van der Waals surface area contributed by atoms with Crippen LogP contribution < -0.4 is 5.23 Å². The first-order valence-electron chi connectivity index (χ1n) is 2.84. The zero-order valence-corrected chi connectivity index (χ0v) is 5.42. The van der Waals surface area contributed by atoms with Crippen LogP contribution in [0.25, 0.3) is 0 Å². The number of anilines is 1. The van der Waals surface area contributed by atoms with Crippen LogP contribution in [0.15, 0.2) is 30.3 Å². The van der Waals surface area contributed by atoms with Gasteiger partial charge in [0.15, 0.2) is 5.45 Å². The number of para-hydroxylation sites is 1. The average molecular weight is 162 g/mol. The van der Waals surface area contributed by atoms with Crippen molar-refractivity contribution in [1.29, 1.82) is 0 Å². The molecule has 0 atom stereocenters. The summed E-state index contributed by atoms with van der Waals surface area (Å²) in [7, 11) is 0. The van der Waals surface area contributed by atoms with Crippen LogP contribution in [0.5, 0.6) is 0 Å². The molecule has 0 radical (unpaired) electrons. The van der Waals surface area contributed by atoms with Crippen LogP contribution in [0.3, 0.4) is 0 Å². The fourth-order valence-electron chi connectivity index (χ4n) is 0.638. The summed E-state index contributed by atoms with van der Waals surface area (Å²) in [6.45, 7) is 0. The summed E-state index contributed by atoms with van der Waals surface area (Å²) in [5.41, 5.74) is -1.84. The molecule has 0 heterocycles. The van der Waals surface area contributed by atoms with Crippen molar-refractivity contribution < 1.29 is 13.4 Å². The third kappa shape index (κ3) is 1.84. The van der Waals surface area contributed by atoms with Gasteiger partial charge >= 0.3 is 0 Å². The number of nitrogens with zero attached hydrogens (tertiary/aromatic N) is 2. The van der Waals surface area contributed by atoms with E-state index in [2.05, 4.69) is 0 Å². The molecule has 0 bridgehead atoms. The topological polar surface area (TPSA) is 6.48 Å². The molecule has 0 saturated heterocycles. The molecule has 0 aliphatic heterocycles. The molecule has 1 aromatic rings. The Balaban J connectivity index is 2.77. The van der Waals surface area contributed by atoms with Crippen molar-refractivity contribution in [3.05, 3.63) is 30.3 Å². The van der Waals surface area contributed by atoms with Crippen LogP contribution in [0.1, 0.15) is 0 Å². The van der Waals surface area contributed by atoms with Gasteiger partial charge in [0.05, 0.1) is 5.69 Å². The minimum absolute atomic E-state index is 0.211. The first-order chi connectivity index (χ1) is 5.22. The lowest BCUT2D eigenvalue weighted by molar-refractivity contribution is -0.196. The van der Waals surface area contributed by atoms with Gasteiger partial charge in [-0.15, -0.1) is 0 Å². The van der Waals surface area contributed by atoms with Gasteiger partial charge in [0.25, 0.3) is 0 Å². The van der Waals surface area contributed by atoms with E-state index in [0.29, 0.717) is 0 Å². The molecule has 0 aliphatic carbocycles. The highest BCUT2D eigenvalue weighted by atomic mass is 19.4. The van der Waals surface area contributed by atoms with E-state index in [9.17, 15) is 13.4 Å². The number of hydrogen-bond donors (Lipinski definition) is 0. The minimum Gasteiger partial charge on any atom is -0.0813 e. The number of rotatable bonds is 2. The lowest BCUT2D eigenvalue weighted by atomic mass is 10.3. The van der Waals surface area contributed by atoms with Crippen LogP contribution in [-0.4, -0.2) is 5.45 Å². The van der Waals surface area contributed by atoms with E-state index in [0.717, 1.165) is 0 Å². The maximum atomic E-state index is 12.3. The Morgan fingerprint density at radius 3 is 1.91 bits per heavy atom. The van der Waals surface area contributed by atoms with Crippen molar-refractivity contribution in [2.75, 3.05) is 5.23 Å². The van der Waals surface area contributed by atoms with E-state index in [1.165, 1.54) is 24.3 Å². The van der Waals surface area contributed by atoms with Crippen LogP contribution >= 0.6 is 0 Å². The maximum absolute atomic E-state index is 12.3. The first-order valence-corrected chi connectivity index (χ1v) is 2.84. The van der Waals surface area contributed by atoms with Crippen molar-refractivity contribution in [3.8, 4) is 0 Å². The Kier molecular flexibility index (Phi) is 2.32. The van der Waals surface area contributed by atoms with Gasteiger partial charge in [-0.25, -0.2) is 0 Å². The number of benzene rings is 1. The van der Waals surface area contributed by atoms with Crippen molar-refractivity contribution in [3.63, 3.8) is 0 Å². The molecule has 0 spiro atoms. The highest BCUT2D eigenvalue weighted by Crippen LogP contribution is 2.16. The van der Waals surface area contributed by atoms with Crippen LogP contribution in [0, 0.1) is 0 Å². The first kappa shape index (κ1) is 7.87. The third-order valence-corrected chi connectivity index (χ3v) is 1.10. The predicted octanol–water partition coefficient (Wildman–Crippen LogP) is 2.36. The molecule has 0 amide bonds. The molecule has 1 rings (SSSR count). The monoisotopic (exact) mass is 162 g/mol. The molecule has 2 nitrogen and oxygen atoms in total.